The highest BCUT2D eigenvalue weighted by atomic mass is 28.4. The Labute approximate surface area is 187 Å². The van der Waals surface area contributed by atoms with E-state index in [0.717, 1.165) is 38.0 Å². The Bertz CT molecular complexity index is 611. The van der Waals surface area contributed by atoms with Crippen molar-refractivity contribution < 1.29 is 13.9 Å². The van der Waals surface area contributed by atoms with Crippen LogP contribution in [0.2, 0.25) is 18.1 Å². The van der Waals surface area contributed by atoms with Gasteiger partial charge in [-0.25, -0.2) is 0 Å². The number of unbranched alkanes of at least 4 members (excludes halogenated alkanes) is 5. The van der Waals surface area contributed by atoms with E-state index in [1.807, 2.05) is 12.1 Å². The normalized spacial score (nSPS) is 13.1. The molecule has 0 aromatic heterocycles. The molecule has 30 heavy (non-hydrogen) atoms. The summed E-state index contributed by atoms with van der Waals surface area (Å²) in [6.45, 7) is 13.0. The molecule has 0 unspecified atom stereocenters. The lowest BCUT2D eigenvalue weighted by molar-refractivity contribution is 0.0731. The van der Waals surface area contributed by atoms with Gasteiger partial charge in [-0.1, -0.05) is 58.6 Å². The highest BCUT2D eigenvalue weighted by Crippen LogP contribution is 2.38. The van der Waals surface area contributed by atoms with Crippen LogP contribution in [0.5, 0.6) is 5.75 Å². The van der Waals surface area contributed by atoms with Crippen molar-refractivity contribution in [3.63, 3.8) is 0 Å². The van der Waals surface area contributed by atoms with E-state index in [-0.39, 0.29) is 11.1 Å². The lowest BCUT2D eigenvalue weighted by Gasteiger charge is -2.39. The topological polar surface area (TPSA) is 27.7 Å². The van der Waals surface area contributed by atoms with Crippen LogP contribution in [0.4, 0.5) is 0 Å². The Morgan fingerprint density at radius 1 is 0.967 bits per heavy atom. The van der Waals surface area contributed by atoms with Gasteiger partial charge in [0, 0.05) is 19.1 Å². The number of terminal acetylenes is 1. The lowest BCUT2D eigenvalue weighted by atomic mass is 10.1. The van der Waals surface area contributed by atoms with Gasteiger partial charge in [0.05, 0.1) is 13.7 Å². The van der Waals surface area contributed by atoms with Crippen LogP contribution in [-0.4, -0.2) is 28.1 Å². The first-order valence-electron chi connectivity index (χ1n) is 11.5. The molecule has 4 heteroatoms. The molecule has 170 valence electrons. The van der Waals surface area contributed by atoms with E-state index in [2.05, 4.69) is 51.9 Å². The first kappa shape index (κ1) is 26.8. The maximum Gasteiger partial charge on any atom is 0.192 e. The van der Waals surface area contributed by atoms with Gasteiger partial charge in [-0.2, -0.15) is 0 Å². The SMILES string of the molecule is C#CCCCCCCC[C@H](CCOCc1ccc(OC)cc1)O[Si](C)(C)C(C)(C)C. The van der Waals surface area contributed by atoms with Crippen molar-refractivity contribution in [2.45, 2.75) is 103 Å². The smallest absolute Gasteiger partial charge is 0.192 e. The largest absolute Gasteiger partial charge is 0.497 e. The molecule has 1 rings (SSSR count). The van der Waals surface area contributed by atoms with Crippen molar-refractivity contribution >= 4 is 8.32 Å². The number of hydrogen-bond acceptors (Lipinski definition) is 3. The predicted molar refractivity (Wildman–Crippen MR) is 130 cm³/mol. The third-order valence-corrected chi connectivity index (χ3v) is 10.7. The highest BCUT2D eigenvalue weighted by Gasteiger charge is 2.38. The number of benzene rings is 1. The van der Waals surface area contributed by atoms with E-state index >= 15 is 0 Å². The fourth-order valence-electron chi connectivity index (χ4n) is 3.11. The van der Waals surface area contributed by atoms with E-state index in [1.54, 1.807) is 7.11 Å². The summed E-state index contributed by atoms with van der Waals surface area (Å²) in [7, 11) is -0.0944. The van der Waals surface area contributed by atoms with Gasteiger partial charge < -0.3 is 13.9 Å². The Morgan fingerprint density at radius 2 is 1.60 bits per heavy atom. The monoisotopic (exact) mass is 432 g/mol. The fraction of sp³-hybridized carbons (Fsp3) is 0.692. The highest BCUT2D eigenvalue weighted by molar-refractivity contribution is 6.74. The third-order valence-electron chi connectivity index (χ3n) is 6.13. The zero-order valence-corrected chi connectivity index (χ0v) is 21.3. The molecule has 1 aromatic carbocycles. The second-order valence-corrected chi connectivity index (χ2v) is 14.5. The van der Waals surface area contributed by atoms with Crippen LogP contribution in [0.15, 0.2) is 24.3 Å². The summed E-state index contributed by atoms with van der Waals surface area (Å²) in [6, 6.07) is 8.07. The van der Waals surface area contributed by atoms with Crippen LogP contribution in [0.1, 0.15) is 77.7 Å². The molecule has 0 amide bonds. The molecule has 1 atom stereocenters. The first-order chi connectivity index (χ1) is 14.2. The zero-order valence-electron chi connectivity index (χ0n) is 20.3. The standard InChI is InChI=1S/C26H44O3Si/c1-8-9-10-11-12-13-14-15-25(29-30(6,7)26(2,3)4)20-21-28-22-23-16-18-24(27-5)19-17-23/h1,16-19,25H,9-15,20-22H2,2-7H3/t25-/m1/s1. The van der Waals surface area contributed by atoms with Crippen molar-refractivity contribution in [1.82, 2.24) is 0 Å². The average molecular weight is 433 g/mol. The number of rotatable bonds is 15. The molecular formula is C26H44O3Si. The lowest BCUT2D eigenvalue weighted by Crippen LogP contribution is -2.44. The van der Waals surface area contributed by atoms with Crippen molar-refractivity contribution in [3.8, 4) is 18.1 Å². The second kappa shape index (κ2) is 13.9. The van der Waals surface area contributed by atoms with Crippen molar-refractivity contribution in [2.75, 3.05) is 13.7 Å². The first-order valence-corrected chi connectivity index (χ1v) is 14.4. The molecule has 0 heterocycles. The van der Waals surface area contributed by atoms with Crippen LogP contribution in [0, 0.1) is 12.3 Å². The van der Waals surface area contributed by atoms with Gasteiger partial charge in [-0.3, -0.25) is 0 Å². The predicted octanol–water partition coefficient (Wildman–Crippen LogP) is 7.36. The summed E-state index contributed by atoms with van der Waals surface area (Å²) in [5.74, 6) is 3.60. The quantitative estimate of drug-likeness (QED) is 0.165. The molecule has 0 aliphatic carbocycles. The van der Waals surface area contributed by atoms with E-state index in [1.165, 1.54) is 31.2 Å². The Balaban J connectivity index is 2.45. The molecule has 0 spiro atoms. The molecule has 0 saturated carbocycles. The molecule has 0 saturated heterocycles. The van der Waals surface area contributed by atoms with Crippen LogP contribution < -0.4 is 4.74 Å². The molecular weight excluding hydrogens is 388 g/mol. The van der Waals surface area contributed by atoms with Crippen molar-refractivity contribution in [1.29, 1.82) is 0 Å². The molecule has 0 aliphatic rings. The van der Waals surface area contributed by atoms with Crippen LogP contribution in [-0.2, 0) is 15.8 Å². The minimum atomic E-state index is -1.78. The van der Waals surface area contributed by atoms with Crippen molar-refractivity contribution in [3.05, 3.63) is 29.8 Å². The number of ether oxygens (including phenoxy) is 2. The second-order valence-electron chi connectivity index (χ2n) is 9.70. The summed E-state index contributed by atoms with van der Waals surface area (Å²) < 4.78 is 17.9. The maximum atomic E-state index is 6.75. The minimum absolute atomic E-state index is 0.227. The molecule has 3 nitrogen and oxygen atoms in total. The molecule has 1 aromatic rings. The molecule has 0 aliphatic heterocycles. The van der Waals surface area contributed by atoms with Crippen LogP contribution in [0.3, 0.4) is 0 Å². The van der Waals surface area contributed by atoms with Crippen molar-refractivity contribution in [2.24, 2.45) is 0 Å². The third kappa shape index (κ3) is 10.7. The van der Waals surface area contributed by atoms with Crippen LogP contribution in [0.25, 0.3) is 0 Å². The van der Waals surface area contributed by atoms with E-state index in [9.17, 15) is 0 Å². The van der Waals surface area contributed by atoms with Gasteiger partial charge in [0.2, 0.25) is 0 Å². The summed E-state index contributed by atoms with van der Waals surface area (Å²) >= 11 is 0. The molecule has 0 radical (unpaired) electrons. The maximum absolute atomic E-state index is 6.75. The summed E-state index contributed by atoms with van der Waals surface area (Å²) in [5.41, 5.74) is 1.17. The van der Waals surface area contributed by atoms with Gasteiger partial charge in [-0.05, 0) is 55.1 Å². The summed E-state index contributed by atoms with van der Waals surface area (Å²) in [4.78, 5) is 0. The Hall–Kier alpha value is -1.28. The average Bonchev–Trinajstić information content (AvgIpc) is 2.69. The van der Waals surface area contributed by atoms with E-state index in [0.29, 0.717) is 6.61 Å². The molecule has 0 N–H and O–H groups in total. The van der Waals surface area contributed by atoms with Gasteiger partial charge in [0.15, 0.2) is 8.32 Å². The zero-order chi connectivity index (χ0) is 22.5. The molecule has 0 bridgehead atoms. The van der Waals surface area contributed by atoms with Gasteiger partial charge in [0.1, 0.15) is 5.75 Å². The van der Waals surface area contributed by atoms with E-state index < -0.39 is 8.32 Å². The van der Waals surface area contributed by atoms with Gasteiger partial charge in [-0.15, -0.1) is 12.3 Å². The number of methoxy groups -OCH3 is 1. The van der Waals surface area contributed by atoms with Gasteiger partial charge in [0.25, 0.3) is 0 Å². The van der Waals surface area contributed by atoms with Gasteiger partial charge >= 0.3 is 0 Å². The number of hydrogen-bond donors (Lipinski definition) is 0. The summed E-state index contributed by atoms with van der Waals surface area (Å²) in [5, 5.41) is 0.227. The van der Waals surface area contributed by atoms with E-state index in [4.69, 9.17) is 20.3 Å². The van der Waals surface area contributed by atoms with Crippen LogP contribution >= 0.6 is 0 Å². The summed E-state index contributed by atoms with van der Waals surface area (Å²) in [6.07, 6.45) is 14.7. The Morgan fingerprint density at radius 3 is 2.20 bits per heavy atom. The molecule has 0 fully saturated rings. The Kier molecular flexibility index (Phi) is 12.4. The minimum Gasteiger partial charge on any atom is -0.497 e. The fourth-order valence-corrected chi connectivity index (χ4v) is 4.53.